The molecule has 0 aliphatic rings. The van der Waals surface area contributed by atoms with Crippen LogP contribution in [0.3, 0.4) is 0 Å². The smallest absolute Gasteiger partial charge is 0.319 e. The first-order valence-corrected chi connectivity index (χ1v) is 7.43. The molecule has 1 aromatic carbocycles. The molecule has 0 aliphatic carbocycles. The van der Waals surface area contributed by atoms with Crippen molar-refractivity contribution in [2.24, 2.45) is 0 Å². The van der Waals surface area contributed by atoms with E-state index in [1.807, 2.05) is 0 Å². The zero-order valence-electron chi connectivity index (χ0n) is 11.0. The van der Waals surface area contributed by atoms with Crippen molar-refractivity contribution in [1.29, 1.82) is 0 Å². The third-order valence-corrected chi connectivity index (χ3v) is 4.68. The second kappa shape index (κ2) is 6.38. The molecule has 0 aliphatic heterocycles. The third kappa shape index (κ3) is 3.82. The molecule has 0 saturated heterocycles. The van der Waals surface area contributed by atoms with Gasteiger partial charge in [-0.3, -0.25) is 0 Å². The van der Waals surface area contributed by atoms with Gasteiger partial charge in [-0.2, -0.15) is 0 Å². The molecule has 0 unspecified atom stereocenters. The molecule has 0 fully saturated rings. The second-order valence-corrected chi connectivity index (χ2v) is 6.69. The van der Waals surface area contributed by atoms with E-state index in [0.29, 0.717) is 6.54 Å². The van der Waals surface area contributed by atoms with Crippen molar-refractivity contribution in [2.45, 2.75) is 24.0 Å². The van der Waals surface area contributed by atoms with Gasteiger partial charge in [0, 0.05) is 6.54 Å². The fourth-order valence-corrected chi connectivity index (χ4v) is 2.61. The number of rotatable bonds is 5. The molecular weight excluding hydrogens is 264 g/mol. The number of urea groups is 1. The van der Waals surface area contributed by atoms with Crippen LogP contribution in [0, 0.1) is 0 Å². The minimum absolute atomic E-state index is 0.124. The highest BCUT2D eigenvalue weighted by Gasteiger charge is 2.22. The first kappa shape index (κ1) is 15.2. The maximum atomic E-state index is 12.2. The number of hydrogen-bond donors (Lipinski definition) is 2. The summed E-state index contributed by atoms with van der Waals surface area (Å²) < 4.78 is 24.3. The van der Waals surface area contributed by atoms with E-state index < -0.39 is 21.1 Å². The molecule has 6 heteroatoms. The predicted octanol–water partition coefficient (Wildman–Crippen LogP) is 2.18. The predicted molar refractivity (Wildman–Crippen MR) is 76.0 cm³/mol. The van der Waals surface area contributed by atoms with E-state index in [0.717, 1.165) is 0 Å². The summed E-state index contributed by atoms with van der Waals surface area (Å²) in [6.07, 6.45) is 1.54. The quantitative estimate of drug-likeness (QED) is 0.813. The SMILES string of the molecule is C=CCNC(=O)Nc1ccccc1S(=O)(=O)C(C)C. The number of hydrogen-bond acceptors (Lipinski definition) is 3. The van der Waals surface area contributed by atoms with Crippen LogP contribution in [0.5, 0.6) is 0 Å². The van der Waals surface area contributed by atoms with Crippen LogP contribution in [0.15, 0.2) is 41.8 Å². The summed E-state index contributed by atoms with van der Waals surface area (Å²) in [6, 6.07) is 5.87. The number of amides is 2. The Bertz CT molecular complexity index is 565. The van der Waals surface area contributed by atoms with Gasteiger partial charge in [0.1, 0.15) is 0 Å². The topological polar surface area (TPSA) is 75.3 Å². The van der Waals surface area contributed by atoms with Gasteiger partial charge in [0.2, 0.25) is 0 Å². The van der Waals surface area contributed by atoms with Crippen molar-refractivity contribution >= 4 is 21.6 Å². The van der Waals surface area contributed by atoms with Gasteiger partial charge in [-0.25, -0.2) is 13.2 Å². The number of nitrogens with one attached hydrogen (secondary N) is 2. The maximum absolute atomic E-state index is 12.2. The molecule has 2 amide bonds. The Labute approximate surface area is 113 Å². The largest absolute Gasteiger partial charge is 0.334 e. The van der Waals surface area contributed by atoms with Crippen LogP contribution >= 0.6 is 0 Å². The number of para-hydroxylation sites is 1. The number of carbonyl (C=O) groups excluding carboxylic acids is 1. The van der Waals surface area contributed by atoms with Gasteiger partial charge in [0.25, 0.3) is 0 Å². The van der Waals surface area contributed by atoms with Gasteiger partial charge in [-0.1, -0.05) is 18.2 Å². The summed E-state index contributed by atoms with van der Waals surface area (Å²) in [5.74, 6) is 0. The zero-order valence-corrected chi connectivity index (χ0v) is 11.8. The molecule has 0 aromatic heterocycles. The highest BCUT2D eigenvalue weighted by Crippen LogP contribution is 2.24. The summed E-state index contributed by atoms with van der Waals surface area (Å²) in [5, 5.41) is 4.51. The minimum Gasteiger partial charge on any atom is -0.334 e. The molecule has 1 aromatic rings. The van der Waals surface area contributed by atoms with E-state index in [4.69, 9.17) is 0 Å². The molecular formula is C13H18N2O3S. The van der Waals surface area contributed by atoms with E-state index in [-0.39, 0.29) is 10.6 Å². The molecule has 0 saturated carbocycles. The van der Waals surface area contributed by atoms with Crippen LogP contribution < -0.4 is 10.6 Å². The Morgan fingerprint density at radius 2 is 2.00 bits per heavy atom. The molecule has 0 heterocycles. The lowest BCUT2D eigenvalue weighted by molar-refractivity contribution is 0.253. The Morgan fingerprint density at radius 1 is 1.37 bits per heavy atom. The number of benzene rings is 1. The highest BCUT2D eigenvalue weighted by atomic mass is 32.2. The van der Waals surface area contributed by atoms with E-state index in [2.05, 4.69) is 17.2 Å². The molecule has 104 valence electrons. The summed E-state index contributed by atoms with van der Waals surface area (Å²) in [7, 11) is -3.44. The van der Waals surface area contributed by atoms with Crippen molar-refractivity contribution < 1.29 is 13.2 Å². The van der Waals surface area contributed by atoms with Crippen molar-refractivity contribution in [3.63, 3.8) is 0 Å². The summed E-state index contributed by atoms with van der Waals surface area (Å²) in [5.41, 5.74) is 0.276. The molecule has 0 bridgehead atoms. The van der Waals surface area contributed by atoms with Gasteiger partial charge in [0.15, 0.2) is 9.84 Å². The first-order valence-electron chi connectivity index (χ1n) is 5.88. The van der Waals surface area contributed by atoms with Gasteiger partial charge in [-0.15, -0.1) is 6.58 Å². The van der Waals surface area contributed by atoms with Crippen molar-refractivity contribution in [1.82, 2.24) is 5.32 Å². The first-order chi connectivity index (χ1) is 8.89. The van der Waals surface area contributed by atoms with E-state index in [1.54, 1.807) is 32.0 Å². The normalized spacial score (nSPS) is 11.1. The van der Waals surface area contributed by atoms with Crippen LogP contribution in [-0.2, 0) is 9.84 Å². The van der Waals surface area contributed by atoms with Crippen LogP contribution in [0.4, 0.5) is 10.5 Å². The molecule has 0 atom stereocenters. The maximum Gasteiger partial charge on any atom is 0.319 e. The highest BCUT2D eigenvalue weighted by molar-refractivity contribution is 7.92. The van der Waals surface area contributed by atoms with Gasteiger partial charge in [-0.05, 0) is 26.0 Å². The zero-order chi connectivity index (χ0) is 14.5. The Balaban J connectivity index is 3.04. The standard InChI is InChI=1S/C13H18N2O3S/c1-4-9-14-13(16)15-11-7-5-6-8-12(11)19(17,18)10(2)3/h4-8,10H,1,9H2,2-3H3,(H2,14,15,16). The number of sulfone groups is 1. The summed E-state index contributed by atoms with van der Waals surface area (Å²) in [4.78, 5) is 11.7. The van der Waals surface area contributed by atoms with E-state index >= 15 is 0 Å². The molecule has 1 rings (SSSR count). The fraction of sp³-hybridized carbons (Fsp3) is 0.308. The molecule has 19 heavy (non-hydrogen) atoms. The Morgan fingerprint density at radius 3 is 2.58 bits per heavy atom. The van der Waals surface area contributed by atoms with Crippen molar-refractivity contribution in [2.75, 3.05) is 11.9 Å². The van der Waals surface area contributed by atoms with Gasteiger partial charge < -0.3 is 10.6 Å². The summed E-state index contributed by atoms with van der Waals surface area (Å²) in [6.45, 7) is 6.99. The van der Waals surface area contributed by atoms with Gasteiger partial charge in [0.05, 0.1) is 15.8 Å². The average molecular weight is 282 g/mol. The fourth-order valence-electron chi connectivity index (χ4n) is 1.40. The Kier molecular flexibility index (Phi) is 5.11. The monoisotopic (exact) mass is 282 g/mol. The molecule has 2 N–H and O–H groups in total. The van der Waals surface area contributed by atoms with Crippen molar-refractivity contribution in [3.05, 3.63) is 36.9 Å². The lowest BCUT2D eigenvalue weighted by Crippen LogP contribution is -2.29. The van der Waals surface area contributed by atoms with Crippen LogP contribution in [-0.4, -0.2) is 26.2 Å². The molecule has 5 nitrogen and oxygen atoms in total. The van der Waals surface area contributed by atoms with Crippen LogP contribution in [0.2, 0.25) is 0 Å². The Hall–Kier alpha value is -1.82. The van der Waals surface area contributed by atoms with Crippen LogP contribution in [0.25, 0.3) is 0 Å². The lowest BCUT2D eigenvalue weighted by Gasteiger charge is -2.13. The minimum atomic E-state index is -3.44. The number of carbonyl (C=O) groups is 1. The van der Waals surface area contributed by atoms with Crippen molar-refractivity contribution in [3.8, 4) is 0 Å². The molecule has 0 spiro atoms. The second-order valence-electron chi connectivity index (χ2n) is 4.21. The molecule has 0 radical (unpaired) electrons. The van der Waals surface area contributed by atoms with Gasteiger partial charge >= 0.3 is 6.03 Å². The lowest BCUT2D eigenvalue weighted by atomic mass is 10.3. The number of anilines is 1. The third-order valence-electron chi connectivity index (χ3n) is 2.47. The van der Waals surface area contributed by atoms with Crippen LogP contribution in [0.1, 0.15) is 13.8 Å². The van der Waals surface area contributed by atoms with E-state index in [1.165, 1.54) is 12.1 Å². The summed E-state index contributed by atoms with van der Waals surface area (Å²) >= 11 is 0. The van der Waals surface area contributed by atoms with E-state index in [9.17, 15) is 13.2 Å². The average Bonchev–Trinajstić information content (AvgIpc) is 2.36.